The molecule has 0 unspecified atom stereocenters. The van der Waals surface area contributed by atoms with Gasteiger partial charge >= 0.3 is 7.12 Å². The minimum Gasteiger partial charge on any atom is -0.423 e. The third kappa shape index (κ3) is 2.33. The number of aromatic nitrogens is 1. The summed E-state index contributed by atoms with van der Waals surface area (Å²) < 4.78 is 13.2. The highest BCUT2D eigenvalue weighted by molar-refractivity contribution is 6.58. The third-order valence-corrected chi connectivity index (χ3v) is 2.83. The molecule has 0 spiro atoms. The Kier molecular flexibility index (Phi) is 3.41. The van der Waals surface area contributed by atoms with Crippen LogP contribution in [-0.4, -0.2) is 35.2 Å². The molecular weight excluding hydrogens is 210 g/mol. The summed E-state index contributed by atoms with van der Waals surface area (Å²) in [4.78, 5) is 6.01. The molecule has 1 aliphatic heterocycles. The smallest absolute Gasteiger partial charge is 0.423 e. The Morgan fingerprint density at radius 3 is 2.56 bits per heavy atom. The number of rotatable bonds is 2. The molecule has 4 nitrogen and oxygen atoms in total. The molecule has 2 N–H and O–H groups in total. The van der Waals surface area contributed by atoms with Crippen LogP contribution >= 0.6 is 0 Å². The average Bonchev–Trinajstić information content (AvgIpc) is 2.30. The summed E-state index contributed by atoms with van der Waals surface area (Å²) in [6.07, 6.45) is 4.43. The summed E-state index contributed by atoms with van der Waals surface area (Å²) in [7, 11) is -1.79. The Balaban J connectivity index is 2.24. The van der Waals surface area contributed by atoms with Gasteiger partial charge in [0.1, 0.15) is 11.6 Å². The van der Waals surface area contributed by atoms with Crippen molar-refractivity contribution in [2.45, 2.75) is 19.3 Å². The van der Waals surface area contributed by atoms with Crippen LogP contribution in [-0.2, 0) is 0 Å². The van der Waals surface area contributed by atoms with Crippen molar-refractivity contribution in [3.8, 4) is 0 Å². The van der Waals surface area contributed by atoms with E-state index in [1.807, 2.05) is 4.90 Å². The van der Waals surface area contributed by atoms with Crippen LogP contribution in [0.4, 0.5) is 10.2 Å². The van der Waals surface area contributed by atoms with Crippen molar-refractivity contribution in [3.05, 3.63) is 18.1 Å². The summed E-state index contributed by atoms with van der Waals surface area (Å²) in [5.74, 6) is -0.0695. The number of hydrogen-bond acceptors (Lipinski definition) is 4. The van der Waals surface area contributed by atoms with Crippen LogP contribution in [0.15, 0.2) is 12.3 Å². The van der Waals surface area contributed by atoms with Gasteiger partial charge < -0.3 is 14.9 Å². The molecular formula is C10H14BFN2O2. The van der Waals surface area contributed by atoms with E-state index in [0.29, 0.717) is 5.82 Å². The monoisotopic (exact) mass is 224 g/mol. The lowest BCUT2D eigenvalue weighted by atomic mass is 9.80. The first kappa shape index (κ1) is 11.4. The lowest BCUT2D eigenvalue weighted by Crippen LogP contribution is -2.36. The molecule has 1 saturated heterocycles. The molecule has 6 heteroatoms. The van der Waals surface area contributed by atoms with E-state index in [2.05, 4.69) is 4.98 Å². The van der Waals surface area contributed by atoms with E-state index in [4.69, 9.17) is 10.0 Å². The topological polar surface area (TPSA) is 56.6 Å². The van der Waals surface area contributed by atoms with E-state index in [9.17, 15) is 4.39 Å². The lowest BCUT2D eigenvalue weighted by molar-refractivity contribution is 0.422. The Bertz CT molecular complexity index is 370. The van der Waals surface area contributed by atoms with E-state index in [0.717, 1.165) is 32.1 Å². The molecule has 1 aliphatic rings. The van der Waals surface area contributed by atoms with E-state index >= 15 is 0 Å². The van der Waals surface area contributed by atoms with Crippen LogP contribution in [0.3, 0.4) is 0 Å². The van der Waals surface area contributed by atoms with Crippen molar-refractivity contribution in [2.75, 3.05) is 18.0 Å². The zero-order valence-electron chi connectivity index (χ0n) is 8.93. The third-order valence-electron chi connectivity index (χ3n) is 2.83. The van der Waals surface area contributed by atoms with Crippen molar-refractivity contribution >= 4 is 18.4 Å². The largest absolute Gasteiger partial charge is 0.491 e. The highest BCUT2D eigenvalue weighted by atomic mass is 19.1. The van der Waals surface area contributed by atoms with Gasteiger partial charge in [-0.05, 0) is 25.3 Å². The van der Waals surface area contributed by atoms with Gasteiger partial charge in [0.25, 0.3) is 0 Å². The highest BCUT2D eigenvalue weighted by Crippen LogP contribution is 2.16. The molecule has 86 valence electrons. The standard InChI is InChI=1S/C10H14BFN2O2/c12-9-7-13-10(6-8(9)11(15)16)14-4-2-1-3-5-14/h6-7,15-16H,1-5H2. The molecule has 16 heavy (non-hydrogen) atoms. The molecule has 0 bridgehead atoms. The fourth-order valence-electron chi connectivity index (χ4n) is 1.94. The van der Waals surface area contributed by atoms with E-state index in [-0.39, 0.29) is 5.46 Å². The Labute approximate surface area is 93.9 Å². The van der Waals surface area contributed by atoms with Gasteiger partial charge in [0.2, 0.25) is 0 Å². The Morgan fingerprint density at radius 1 is 1.25 bits per heavy atom. The molecule has 0 atom stereocenters. The maximum absolute atomic E-state index is 13.2. The molecule has 2 rings (SSSR count). The van der Waals surface area contributed by atoms with Gasteiger partial charge in [0.05, 0.1) is 6.20 Å². The summed E-state index contributed by atoms with van der Waals surface area (Å²) in [5, 5.41) is 18.0. The number of hydrogen-bond donors (Lipinski definition) is 2. The highest BCUT2D eigenvalue weighted by Gasteiger charge is 2.20. The van der Waals surface area contributed by atoms with E-state index in [1.165, 1.54) is 12.5 Å². The zero-order valence-corrected chi connectivity index (χ0v) is 8.93. The predicted molar refractivity (Wildman–Crippen MR) is 60.1 cm³/mol. The predicted octanol–water partition coefficient (Wildman–Crippen LogP) is -0.109. The fraction of sp³-hybridized carbons (Fsp3) is 0.500. The second-order valence-corrected chi connectivity index (χ2v) is 3.99. The second kappa shape index (κ2) is 4.80. The van der Waals surface area contributed by atoms with E-state index in [1.54, 1.807) is 0 Å². The van der Waals surface area contributed by atoms with Crippen LogP contribution in [0.5, 0.6) is 0 Å². The van der Waals surface area contributed by atoms with Crippen LogP contribution < -0.4 is 10.4 Å². The maximum atomic E-state index is 13.2. The summed E-state index contributed by atoms with van der Waals surface area (Å²) >= 11 is 0. The van der Waals surface area contributed by atoms with Gasteiger partial charge in [-0.3, -0.25) is 0 Å². The van der Waals surface area contributed by atoms with Gasteiger partial charge in [0.15, 0.2) is 0 Å². The summed E-state index contributed by atoms with van der Waals surface area (Å²) in [5.41, 5.74) is -0.115. The van der Waals surface area contributed by atoms with Gasteiger partial charge in [-0.2, -0.15) is 0 Å². The number of anilines is 1. The first-order valence-electron chi connectivity index (χ1n) is 5.45. The van der Waals surface area contributed by atoms with Crippen molar-refractivity contribution in [1.82, 2.24) is 4.98 Å². The van der Waals surface area contributed by atoms with Crippen molar-refractivity contribution in [1.29, 1.82) is 0 Å². The minimum atomic E-state index is -1.79. The second-order valence-electron chi connectivity index (χ2n) is 3.99. The van der Waals surface area contributed by atoms with Gasteiger partial charge in [0, 0.05) is 18.6 Å². The average molecular weight is 224 g/mol. The SMILES string of the molecule is OB(O)c1cc(N2CCCCC2)ncc1F. The minimum absolute atomic E-state index is 0.115. The molecule has 0 aliphatic carbocycles. The summed E-state index contributed by atoms with van der Waals surface area (Å²) in [6, 6.07) is 1.41. The molecule has 1 fully saturated rings. The summed E-state index contributed by atoms with van der Waals surface area (Å²) in [6.45, 7) is 1.78. The van der Waals surface area contributed by atoms with Crippen LogP contribution in [0.1, 0.15) is 19.3 Å². The first-order chi connectivity index (χ1) is 7.68. The van der Waals surface area contributed by atoms with Crippen molar-refractivity contribution in [3.63, 3.8) is 0 Å². The molecule has 2 heterocycles. The van der Waals surface area contributed by atoms with Crippen LogP contribution in [0.25, 0.3) is 0 Å². The molecule has 0 saturated carbocycles. The molecule has 1 aromatic rings. The number of piperidine rings is 1. The molecule has 0 radical (unpaired) electrons. The molecule has 0 aromatic carbocycles. The molecule has 0 amide bonds. The van der Waals surface area contributed by atoms with Crippen LogP contribution in [0, 0.1) is 5.82 Å². The number of pyridine rings is 1. The number of nitrogens with zero attached hydrogens (tertiary/aromatic N) is 2. The van der Waals surface area contributed by atoms with Gasteiger partial charge in [-0.15, -0.1) is 0 Å². The van der Waals surface area contributed by atoms with Gasteiger partial charge in [-0.25, -0.2) is 9.37 Å². The van der Waals surface area contributed by atoms with Crippen molar-refractivity contribution < 1.29 is 14.4 Å². The molecule has 1 aromatic heterocycles. The van der Waals surface area contributed by atoms with Crippen molar-refractivity contribution in [2.24, 2.45) is 0 Å². The Hall–Kier alpha value is -1.14. The Morgan fingerprint density at radius 2 is 1.94 bits per heavy atom. The van der Waals surface area contributed by atoms with Crippen LogP contribution in [0.2, 0.25) is 0 Å². The van der Waals surface area contributed by atoms with Gasteiger partial charge in [-0.1, -0.05) is 0 Å². The quantitative estimate of drug-likeness (QED) is 0.688. The maximum Gasteiger partial charge on any atom is 0.491 e. The zero-order chi connectivity index (χ0) is 11.5. The number of halogens is 1. The lowest BCUT2D eigenvalue weighted by Gasteiger charge is -2.28. The fourth-order valence-corrected chi connectivity index (χ4v) is 1.94. The normalized spacial score (nSPS) is 16.3. The first-order valence-corrected chi connectivity index (χ1v) is 5.45. The van der Waals surface area contributed by atoms with E-state index < -0.39 is 12.9 Å².